The van der Waals surface area contributed by atoms with Crippen LogP contribution >= 0.6 is 56.7 Å². The van der Waals surface area contributed by atoms with Crippen LogP contribution in [0.1, 0.15) is 89.0 Å². The van der Waals surface area contributed by atoms with E-state index in [1.165, 1.54) is 42.2 Å². The van der Waals surface area contributed by atoms with Gasteiger partial charge in [-0.15, -0.1) is 45.3 Å². The number of hydrogen-bond donors (Lipinski definition) is 1. The van der Waals surface area contributed by atoms with Gasteiger partial charge in [-0.25, -0.2) is 9.59 Å². The summed E-state index contributed by atoms with van der Waals surface area (Å²) in [6.45, 7) is 15.2. The number of aliphatic hydroxyl groups is 1. The van der Waals surface area contributed by atoms with Gasteiger partial charge in [-0.2, -0.15) is 11.3 Å². The van der Waals surface area contributed by atoms with Crippen LogP contribution in [0, 0.1) is 0 Å². The maximum Gasteiger partial charge on any atom is 0.354 e. The molecule has 0 radical (unpaired) electrons. The van der Waals surface area contributed by atoms with Gasteiger partial charge in [0.1, 0.15) is 26.7 Å². The molecule has 8 aromatic rings. The highest BCUT2D eigenvalue weighted by molar-refractivity contribution is 7.17. The van der Waals surface area contributed by atoms with Crippen molar-refractivity contribution in [1.29, 1.82) is 0 Å². The molecular weight excluding hydrogens is 965 g/mol. The number of esters is 3. The van der Waals surface area contributed by atoms with Gasteiger partial charge in [0, 0.05) is 74.2 Å². The first kappa shape index (κ1) is 54.5. The summed E-state index contributed by atoms with van der Waals surface area (Å²) in [6.07, 6.45) is 4.42. The van der Waals surface area contributed by atoms with E-state index in [9.17, 15) is 24.0 Å². The van der Waals surface area contributed by atoms with Crippen LogP contribution in [0.15, 0.2) is 91.5 Å². The van der Waals surface area contributed by atoms with Gasteiger partial charge >= 0.3 is 17.9 Å². The first-order valence-corrected chi connectivity index (χ1v) is 26.0. The van der Waals surface area contributed by atoms with E-state index in [0.717, 1.165) is 71.4 Å². The van der Waals surface area contributed by atoms with E-state index in [1.54, 1.807) is 58.3 Å². The smallest absolute Gasteiger partial charge is 0.354 e. The molecule has 0 saturated carbocycles. The van der Waals surface area contributed by atoms with Crippen molar-refractivity contribution in [3.8, 4) is 0 Å². The lowest BCUT2D eigenvalue weighted by molar-refractivity contribution is -0.141. The van der Waals surface area contributed by atoms with Crippen LogP contribution in [0.3, 0.4) is 0 Å². The summed E-state index contributed by atoms with van der Waals surface area (Å²) in [5.74, 6) is -0.899. The molecule has 0 fully saturated rings. The molecule has 9 rings (SSSR count). The predicted octanol–water partition coefficient (Wildman–Crippen LogP) is 12.3. The highest BCUT2D eigenvalue weighted by Gasteiger charge is 2.20. The lowest BCUT2D eigenvalue weighted by Gasteiger charge is -2.05. The van der Waals surface area contributed by atoms with Crippen molar-refractivity contribution in [3.63, 3.8) is 0 Å². The number of ether oxygens (including phenoxy) is 3. The maximum atomic E-state index is 11.7. The molecule has 0 unspecified atom stereocenters. The molecule has 0 saturated heterocycles. The summed E-state index contributed by atoms with van der Waals surface area (Å²) in [7, 11) is 0. The Balaban J connectivity index is 0.000000180. The Bertz CT molecular complexity index is 2920. The van der Waals surface area contributed by atoms with Crippen molar-refractivity contribution in [2.24, 2.45) is 5.11 Å². The highest BCUT2D eigenvalue weighted by atomic mass is 32.1. The number of aryl methyl sites for hydroxylation is 3. The lowest BCUT2D eigenvalue weighted by Crippen LogP contribution is -2.10. The Morgan fingerprint density at radius 1 is 0.706 bits per heavy atom. The Kier molecular flexibility index (Phi) is 23.2. The third-order valence-electron chi connectivity index (χ3n) is 9.59. The SMILES string of the molecule is CCOC(=O)C1=Cc2ccsc2C1.CCOC(=O)CN=[N+]=[N-].CCOC(=O)c1cc2ccsc2n1CC.CCn1c(C=O)cc2ccsc21.CCn1c(CO)cc2ccsc21.O=Cc1ccsc1. The zero-order valence-corrected chi connectivity index (χ0v) is 42.7. The topological polar surface area (TPSA) is 197 Å². The van der Waals surface area contributed by atoms with Gasteiger partial charge < -0.3 is 33.0 Å². The van der Waals surface area contributed by atoms with E-state index in [1.807, 2.05) is 100 Å². The number of aliphatic hydroxyl groups excluding tert-OH is 1. The number of nitrogens with zero attached hydrogens (tertiary/aromatic N) is 6. The molecule has 0 amide bonds. The van der Waals surface area contributed by atoms with E-state index < -0.39 is 5.97 Å². The number of carbonyl (C=O) groups is 5. The largest absolute Gasteiger partial charge is 0.466 e. The first-order valence-electron chi connectivity index (χ1n) is 21.6. The fourth-order valence-electron chi connectivity index (χ4n) is 6.62. The first-order chi connectivity index (χ1) is 33.1. The molecule has 1 aliphatic carbocycles. The van der Waals surface area contributed by atoms with Gasteiger partial charge in [-0.1, -0.05) is 5.11 Å². The van der Waals surface area contributed by atoms with E-state index >= 15 is 0 Å². The summed E-state index contributed by atoms with van der Waals surface area (Å²) < 4.78 is 20.6. The Labute approximate surface area is 414 Å². The van der Waals surface area contributed by atoms with Crippen molar-refractivity contribution in [3.05, 3.63) is 130 Å². The molecule has 15 nitrogen and oxygen atoms in total. The lowest BCUT2D eigenvalue weighted by atomic mass is 10.2. The number of thiophene rings is 5. The van der Waals surface area contributed by atoms with Crippen LogP contribution in [-0.2, 0) is 56.5 Å². The minimum Gasteiger partial charge on any atom is -0.466 e. The van der Waals surface area contributed by atoms with E-state index in [2.05, 4.69) is 43.8 Å². The summed E-state index contributed by atoms with van der Waals surface area (Å²) in [5.41, 5.74) is 12.9. The number of carbonyl (C=O) groups excluding carboxylic acids is 5. The van der Waals surface area contributed by atoms with Gasteiger partial charge in [-0.05, 0) is 134 Å². The van der Waals surface area contributed by atoms with E-state index in [0.29, 0.717) is 25.5 Å². The third kappa shape index (κ3) is 14.9. The number of aromatic nitrogens is 3. The predicted molar refractivity (Wildman–Crippen MR) is 277 cm³/mol. The summed E-state index contributed by atoms with van der Waals surface area (Å²) in [4.78, 5) is 61.1. The fourth-order valence-corrected chi connectivity index (χ4v) is 11.0. The molecule has 0 atom stereocenters. The van der Waals surface area contributed by atoms with Crippen molar-refractivity contribution in [2.75, 3.05) is 26.4 Å². The molecule has 0 aromatic carbocycles. The van der Waals surface area contributed by atoms with Gasteiger partial charge in [-0.3, -0.25) is 14.4 Å². The molecule has 360 valence electrons. The van der Waals surface area contributed by atoms with Crippen molar-refractivity contribution in [2.45, 2.75) is 74.2 Å². The van der Waals surface area contributed by atoms with Gasteiger partial charge in [0.15, 0.2) is 12.6 Å². The van der Waals surface area contributed by atoms with Crippen LogP contribution in [0.25, 0.3) is 47.2 Å². The molecule has 1 aliphatic rings. The second-order valence-corrected chi connectivity index (χ2v) is 18.2. The number of fused-ring (bicyclic) bond motifs is 4. The van der Waals surface area contributed by atoms with Gasteiger partial charge in [0.2, 0.25) is 0 Å². The summed E-state index contributed by atoms with van der Waals surface area (Å²) in [6, 6.07) is 15.9. The standard InChI is InChI=1S/C11H13NO2S.C10H10O2S.C9H11NOS.C9H9NOS.C5H4OS.C4H7N3O2/c1-3-12-9(11(13)14-4-2)7-8-5-6-15-10(8)12;1-2-12-10(11)8-5-7-3-4-13-9(7)6-8;2*1-2-10-8(6-11)5-7-3-4-12-9(7)10;6-3-5-1-2-7-4-5;1-2-9-4(8)3-6-7-5/h5-7H,3-4H2,1-2H3;3-5H,2,6H2,1H3;3-5,11H,2,6H2,1H3;3-6H,2H2,1H3;1-4H;2-3H2,1H3. The fraction of sp³-hybridized carbons (Fsp3) is 0.312. The quantitative estimate of drug-likeness (QED) is 0.0292. The number of hydrogen-bond acceptors (Lipinski definition) is 15. The number of rotatable bonds is 13. The second-order valence-electron chi connectivity index (χ2n) is 13.7. The van der Waals surface area contributed by atoms with Crippen molar-refractivity contribution in [1.82, 2.24) is 13.7 Å². The Morgan fingerprint density at radius 3 is 1.79 bits per heavy atom. The van der Waals surface area contributed by atoms with Crippen molar-refractivity contribution < 1.29 is 43.3 Å². The molecule has 20 heteroatoms. The normalized spacial score (nSPS) is 10.8. The molecular formula is C48H54N6O9S5. The second kappa shape index (κ2) is 28.9. The van der Waals surface area contributed by atoms with Crippen LogP contribution in [0.5, 0.6) is 0 Å². The number of aldehydes is 2. The van der Waals surface area contributed by atoms with E-state index in [4.69, 9.17) is 20.1 Å². The Morgan fingerprint density at radius 2 is 1.28 bits per heavy atom. The monoisotopic (exact) mass is 1020 g/mol. The molecule has 8 heterocycles. The average Bonchev–Trinajstić information content (AvgIpc) is 4.18. The Hall–Kier alpha value is -6.12. The van der Waals surface area contributed by atoms with Crippen LogP contribution in [0.4, 0.5) is 0 Å². The molecule has 0 spiro atoms. The summed E-state index contributed by atoms with van der Waals surface area (Å²) in [5, 5.41) is 27.5. The third-order valence-corrected chi connectivity index (χ3v) is 14.1. The van der Waals surface area contributed by atoms with Gasteiger partial charge in [0.25, 0.3) is 0 Å². The maximum absolute atomic E-state index is 11.7. The average molecular weight is 1020 g/mol. The van der Waals surface area contributed by atoms with E-state index in [-0.39, 0.29) is 25.1 Å². The highest BCUT2D eigenvalue weighted by Crippen LogP contribution is 2.30. The minimum absolute atomic E-state index is 0.134. The molecule has 8 aromatic heterocycles. The molecule has 1 N–H and O–H groups in total. The van der Waals surface area contributed by atoms with Crippen LogP contribution in [0.2, 0.25) is 0 Å². The molecule has 0 aliphatic heterocycles. The molecule has 68 heavy (non-hydrogen) atoms. The molecule has 0 bridgehead atoms. The zero-order chi connectivity index (χ0) is 49.4. The van der Waals surface area contributed by atoms with Crippen LogP contribution < -0.4 is 0 Å². The summed E-state index contributed by atoms with van der Waals surface area (Å²) >= 11 is 8.28. The van der Waals surface area contributed by atoms with Gasteiger partial charge in [0.05, 0.1) is 32.1 Å². The van der Waals surface area contributed by atoms with Crippen molar-refractivity contribution >= 4 is 124 Å². The zero-order valence-electron chi connectivity index (χ0n) is 38.6. The van der Waals surface area contributed by atoms with Crippen LogP contribution in [-0.4, -0.2) is 75.7 Å². The minimum atomic E-state index is -0.490. The number of azide groups is 1.